The van der Waals surface area contributed by atoms with Crippen molar-refractivity contribution in [2.75, 3.05) is 0 Å². The molecular weight excluding hydrogens is 757 g/mol. The highest BCUT2D eigenvalue weighted by Gasteiger charge is 2.36. The van der Waals surface area contributed by atoms with Gasteiger partial charge in [-0.1, -0.05) is 199 Å². The number of hydrogen-bond donors (Lipinski definition) is 0. The molecule has 0 fully saturated rings. The summed E-state index contributed by atoms with van der Waals surface area (Å²) in [5.74, 6) is 0.986. The van der Waals surface area contributed by atoms with E-state index >= 15 is 0 Å². The third kappa shape index (κ3) is 6.02. The molecule has 0 heterocycles. The van der Waals surface area contributed by atoms with Crippen LogP contribution in [0.15, 0.2) is 170 Å². The second-order valence-electron chi connectivity index (χ2n) is 19.3. The van der Waals surface area contributed by atoms with Gasteiger partial charge < -0.3 is 0 Å². The second kappa shape index (κ2) is 14.7. The highest BCUT2D eigenvalue weighted by atomic mass is 14.4. The van der Waals surface area contributed by atoms with Crippen LogP contribution in [-0.4, -0.2) is 0 Å². The van der Waals surface area contributed by atoms with E-state index in [1.807, 2.05) is 0 Å². The number of fused-ring (bicyclic) bond motifs is 7. The smallest absolute Gasteiger partial charge is 0.0159 e. The first-order valence-corrected chi connectivity index (χ1v) is 22.9. The molecule has 306 valence electrons. The Morgan fingerprint density at radius 2 is 0.667 bits per heavy atom. The van der Waals surface area contributed by atoms with E-state index in [0.29, 0.717) is 11.8 Å². The molecule has 0 unspecified atom stereocenters. The number of benzene rings is 10. The molecule has 0 saturated carbocycles. The molecule has 0 saturated heterocycles. The molecule has 0 aromatic heterocycles. The molecule has 11 rings (SSSR count). The molecule has 1 aliphatic rings. The van der Waals surface area contributed by atoms with E-state index in [9.17, 15) is 0 Å². The van der Waals surface area contributed by atoms with Crippen LogP contribution in [-0.2, 0) is 5.41 Å². The molecule has 0 spiro atoms. The second-order valence-corrected chi connectivity index (χ2v) is 19.3. The largest absolute Gasteiger partial charge is 0.0616 e. The van der Waals surface area contributed by atoms with Gasteiger partial charge in [0.05, 0.1) is 0 Å². The molecule has 0 aliphatic heterocycles. The molecule has 0 atom stereocenters. The Balaban J connectivity index is 1.08. The Kier molecular flexibility index (Phi) is 9.11. The Morgan fingerprint density at radius 1 is 0.333 bits per heavy atom. The maximum Gasteiger partial charge on any atom is 0.0159 e. The SMILES string of the molecule is Cc1cccc2c(-c3ccc4c(c3)C(C)(C)c3cc(-c5c6ccccc6c(-c6ccc(C(C)C)cc6)c6c(C)cccc56)ccc3-4)c3ccccc3c(-c3ccc(C(C)C)cc3)c12. The first kappa shape index (κ1) is 39.1. The Bertz CT molecular complexity index is 3230. The molecule has 10 aromatic rings. The third-order valence-electron chi connectivity index (χ3n) is 14.5. The van der Waals surface area contributed by atoms with E-state index in [-0.39, 0.29) is 5.41 Å². The van der Waals surface area contributed by atoms with Crippen LogP contribution in [0.3, 0.4) is 0 Å². The summed E-state index contributed by atoms with van der Waals surface area (Å²) in [5, 5.41) is 10.5. The van der Waals surface area contributed by atoms with E-state index in [2.05, 4.69) is 225 Å². The molecule has 1 aliphatic carbocycles. The maximum atomic E-state index is 2.52. The Morgan fingerprint density at radius 3 is 1.03 bits per heavy atom. The summed E-state index contributed by atoms with van der Waals surface area (Å²) in [7, 11) is 0. The fourth-order valence-electron chi connectivity index (χ4n) is 11.2. The van der Waals surface area contributed by atoms with Crippen molar-refractivity contribution in [1.82, 2.24) is 0 Å². The minimum Gasteiger partial charge on any atom is -0.0616 e. The minimum absolute atomic E-state index is 0.212. The van der Waals surface area contributed by atoms with Gasteiger partial charge in [0.15, 0.2) is 0 Å². The molecule has 0 nitrogen and oxygen atoms in total. The summed E-state index contributed by atoms with van der Waals surface area (Å²) >= 11 is 0. The van der Waals surface area contributed by atoms with Crippen molar-refractivity contribution >= 4 is 43.1 Å². The topological polar surface area (TPSA) is 0 Å². The van der Waals surface area contributed by atoms with Crippen LogP contribution in [0.1, 0.15) is 86.8 Å². The quantitative estimate of drug-likeness (QED) is 0.147. The predicted octanol–water partition coefficient (Wildman–Crippen LogP) is 18.1. The fourth-order valence-corrected chi connectivity index (χ4v) is 11.2. The lowest BCUT2D eigenvalue weighted by atomic mass is 9.79. The van der Waals surface area contributed by atoms with Crippen LogP contribution in [0.25, 0.3) is 98.7 Å². The number of rotatable bonds is 6. The lowest BCUT2D eigenvalue weighted by Gasteiger charge is -2.24. The summed E-state index contributed by atoms with van der Waals surface area (Å²) in [6, 6.07) is 65.0. The van der Waals surface area contributed by atoms with Gasteiger partial charge in [0.25, 0.3) is 0 Å². The van der Waals surface area contributed by atoms with E-state index in [1.165, 1.54) is 132 Å². The zero-order valence-electron chi connectivity index (χ0n) is 37.8. The van der Waals surface area contributed by atoms with Gasteiger partial charge >= 0.3 is 0 Å². The van der Waals surface area contributed by atoms with Crippen molar-refractivity contribution in [1.29, 1.82) is 0 Å². The van der Waals surface area contributed by atoms with Gasteiger partial charge in [-0.25, -0.2) is 0 Å². The first-order valence-electron chi connectivity index (χ1n) is 22.9. The van der Waals surface area contributed by atoms with Crippen LogP contribution in [0.5, 0.6) is 0 Å². The summed E-state index contributed by atoms with van der Waals surface area (Å²) in [4.78, 5) is 0. The number of hydrogen-bond acceptors (Lipinski definition) is 0. The lowest BCUT2D eigenvalue weighted by molar-refractivity contribution is 0.661. The highest BCUT2D eigenvalue weighted by Crippen LogP contribution is 2.54. The van der Waals surface area contributed by atoms with Crippen LogP contribution in [0.2, 0.25) is 0 Å². The Labute approximate surface area is 372 Å². The monoisotopic (exact) mass is 810 g/mol. The molecule has 0 bridgehead atoms. The van der Waals surface area contributed by atoms with Gasteiger partial charge in [0.2, 0.25) is 0 Å². The van der Waals surface area contributed by atoms with Crippen molar-refractivity contribution < 1.29 is 0 Å². The predicted molar refractivity (Wildman–Crippen MR) is 273 cm³/mol. The van der Waals surface area contributed by atoms with Gasteiger partial charge in [0, 0.05) is 5.41 Å². The molecule has 63 heavy (non-hydrogen) atoms. The van der Waals surface area contributed by atoms with Crippen LogP contribution >= 0.6 is 0 Å². The zero-order chi connectivity index (χ0) is 43.3. The summed E-state index contributed by atoms with van der Waals surface area (Å²) in [6.07, 6.45) is 0. The van der Waals surface area contributed by atoms with Crippen LogP contribution < -0.4 is 0 Å². The number of aryl methyl sites for hydroxylation is 2. The molecule has 10 aromatic carbocycles. The van der Waals surface area contributed by atoms with Crippen LogP contribution in [0.4, 0.5) is 0 Å². The fraction of sp³-hybridized carbons (Fsp3) is 0.175. The van der Waals surface area contributed by atoms with Crippen LogP contribution in [0, 0.1) is 13.8 Å². The van der Waals surface area contributed by atoms with Crippen molar-refractivity contribution in [3.05, 3.63) is 203 Å². The molecular formula is C63H54. The molecule has 0 N–H and O–H groups in total. The summed E-state index contributed by atoms with van der Waals surface area (Å²) < 4.78 is 0. The van der Waals surface area contributed by atoms with Crippen molar-refractivity contribution in [2.45, 2.75) is 72.6 Å². The molecule has 0 amide bonds. The summed E-state index contributed by atoms with van der Waals surface area (Å²) in [6.45, 7) is 18.5. The standard InChI is InChI=1S/C63H54/c1-37(2)41-23-27-43(28-24-41)61-51-19-11-9-17-49(51)59(53-21-13-15-39(5)57(53)61)45-31-33-47-48-34-32-46(36-56(48)63(7,8)55(47)35-45)60-50-18-10-12-20-52(50)62(58-40(6)16-14-22-54(58)60)44-29-25-42(26-30-44)38(3)4/h9-38H,1-8H3. The van der Waals surface area contributed by atoms with Crippen molar-refractivity contribution in [2.24, 2.45) is 0 Å². The maximum absolute atomic E-state index is 2.52. The van der Waals surface area contributed by atoms with Gasteiger partial charge in [-0.05, 0) is 170 Å². The van der Waals surface area contributed by atoms with Gasteiger partial charge in [-0.2, -0.15) is 0 Å². The van der Waals surface area contributed by atoms with E-state index in [0.717, 1.165) is 0 Å². The highest BCUT2D eigenvalue weighted by molar-refractivity contribution is 6.23. The summed E-state index contributed by atoms with van der Waals surface area (Å²) in [5.41, 5.74) is 20.9. The van der Waals surface area contributed by atoms with Gasteiger partial charge in [-0.15, -0.1) is 0 Å². The van der Waals surface area contributed by atoms with Gasteiger partial charge in [0.1, 0.15) is 0 Å². The average molecular weight is 811 g/mol. The van der Waals surface area contributed by atoms with Crippen molar-refractivity contribution in [3.63, 3.8) is 0 Å². The van der Waals surface area contributed by atoms with E-state index in [4.69, 9.17) is 0 Å². The van der Waals surface area contributed by atoms with Crippen molar-refractivity contribution in [3.8, 4) is 55.6 Å². The lowest BCUT2D eigenvalue weighted by Crippen LogP contribution is -2.15. The normalized spacial score (nSPS) is 13.2. The van der Waals surface area contributed by atoms with E-state index < -0.39 is 0 Å². The molecule has 0 heteroatoms. The third-order valence-corrected chi connectivity index (χ3v) is 14.5. The minimum atomic E-state index is -0.212. The first-order chi connectivity index (χ1) is 30.5. The van der Waals surface area contributed by atoms with Gasteiger partial charge in [-0.3, -0.25) is 0 Å². The Hall–Kier alpha value is -6.76. The van der Waals surface area contributed by atoms with E-state index in [1.54, 1.807) is 0 Å². The molecule has 0 radical (unpaired) electrons. The average Bonchev–Trinajstić information content (AvgIpc) is 3.52. The zero-order valence-corrected chi connectivity index (χ0v) is 37.8.